The van der Waals surface area contributed by atoms with E-state index in [9.17, 15) is 9.59 Å². The van der Waals surface area contributed by atoms with Crippen LogP contribution in [0.15, 0.2) is 24.3 Å². The van der Waals surface area contributed by atoms with E-state index in [0.29, 0.717) is 45.0 Å². The number of nitrogens with zero attached hydrogens (tertiary/aromatic N) is 1. The Morgan fingerprint density at radius 2 is 2.04 bits per heavy atom. The Balaban J connectivity index is 1.56. The third-order valence-electron chi connectivity index (χ3n) is 4.59. The lowest BCUT2D eigenvalue weighted by Gasteiger charge is -2.44. The highest BCUT2D eigenvalue weighted by atomic mass is 16.5. The van der Waals surface area contributed by atoms with Crippen LogP contribution in [0.5, 0.6) is 0 Å². The highest BCUT2D eigenvalue weighted by Gasteiger charge is 2.39. The molecular formula is C17H23N3O4. The molecule has 7 heteroatoms. The van der Waals surface area contributed by atoms with Crippen LogP contribution in [-0.4, -0.2) is 55.3 Å². The molecule has 130 valence electrons. The average molecular weight is 333 g/mol. The molecule has 0 bridgehead atoms. The maximum Gasteiger partial charge on any atom is 0.317 e. The van der Waals surface area contributed by atoms with E-state index in [4.69, 9.17) is 15.2 Å². The van der Waals surface area contributed by atoms with Gasteiger partial charge in [-0.05, 0) is 17.7 Å². The molecule has 3 N–H and O–H groups in total. The lowest BCUT2D eigenvalue weighted by atomic mass is 9.92. The molecule has 1 spiro atoms. The maximum atomic E-state index is 12.5. The lowest BCUT2D eigenvalue weighted by Crippen LogP contribution is -2.57. The van der Waals surface area contributed by atoms with Crippen molar-refractivity contribution in [1.82, 2.24) is 10.2 Å². The van der Waals surface area contributed by atoms with Crippen molar-refractivity contribution in [1.29, 1.82) is 0 Å². The topological polar surface area (TPSA) is 93.9 Å². The first-order chi connectivity index (χ1) is 11.6. The van der Waals surface area contributed by atoms with Crippen molar-refractivity contribution in [3.8, 4) is 0 Å². The molecule has 2 aliphatic rings. The Kier molecular flexibility index (Phi) is 5.01. The normalized spacial score (nSPS) is 19.9. The standard InChI is InChI=1S/C17H23N3O4/c18-15(21)14-3-1-2-13(10-14)11-19-16(22)20-6-9-24-17(12-20)4-7-23-8-5-17/h1-3,10H,4-9,11-12H2,(H2,18,21)(H,19,22). The highest BCUT2D eigenvalue weighted by Crippen LogP contribution is 2.29. The molecule has 0 aromatic heterocycles. The van der Waals surface area contributed by atoms with Crippen molar-refractivity contribution in [2.75, 3.05) is 32.9 Å². The van der Waals surface area contributed by atoms with Crippen LogP contribution in [0, 0.1) is 0 Å². The van der Waals surface area contributed by atoms with Gasteiger partial charge in [-0.2, -0.15) is 0 Å². The van der Waals surface area contributed by atoms with E-state index in [-0.39, 0.29) is 11.6 Å². The minimum atomic E-state index is -0.474. The molecule has 1 aromatic rings. The Bertz CT molecular complexity index is 608. The molecule has 0 unspecified atom stereocenters. The molecule has 0 saturated carbocycles. The van der Waals surface area contributed by atoms with Crippen LogP contribution in [-0.2, 0) is 16.0 Å². The second kappa shape index (κ2) is 7.19. The zero-order chi connectivity index (χ0) is 17.0. The first-order valence-electron chi connectivity index (χ1n) is 8.21. The summed E-state index contributed by atoms with van der Waals surface area (Å²) in [6.07, 6.45) is 1.63. The Labute approximate surface area is 141 Å². The fourth-order valence-electron chi connectivity index (χ4n) is 3.19. The van der Waals surface area contributed by atoms with E-state index in [1.807, 2.05) is 6.07 Å². The summed E-state index contributed by atoms with van der Waals surface area (Å²) in [5.74, 6) is -0.474. The highest BCUT2D eigenvalue weighted by molar-refractivity contribution is 5.92. The van der Waals surface area contributed by atoms with Crippen molar-refractivity contribution >= 4 is 11.9 Å². The summed E-state index contributed by atoms with van der Waals surface area (Å²) in [6.45, 7) is 3.42. The average Bonchev–Trinajstić information content (AvgIpc) is 2.60. The maximum absolute atomic E-state index is 12.5. The van der Waals surface area contributed by atoms with Crippen molar-refractivity contribution in [2.24, 2.45) is 5.73 Å². The van der Waals surface area contributed by atoms with Crippen LogP contribution < -0.4 is 11.1 Å². The molecule has 0 atom stereocenters. The number of morpholine rings is 1. The van der Waals surface area contributed by atoms with E-state index >= 15 is 0 Å². The third-order valence-corrected chi connectivity index (χ3v) is 4.59. The van der Waals surface area contributed by atoms with Gasteiger partial charge in [0.15, 0.2) is 0 Å². The van der Waals surface area contributed by atoms with E-state index in [1.165, 1.54) is 0 Å². The van der Waals surface area contributed by atoms with Crippen molar-refractivity contribution in [3.63, 3.8) is 0 Å². The number of carbonyl (C=O) groups excluding carboxylic acids is 2. The summed E-state index contributed by atoms with van der Waals surface area (Å²) in [5.41, 5.74) is 6.29. The Morgan fingerprint density at radius 1 is 1.25 bits per heavy atom. The number of ether oxygens (including phenoxy) is 2. The Hall–Kier alpha value is -2.12. The van der Waals surface area contributed by atoms with Crippen molar-refractivity contribution in [3.05, 3.63) is 35.4 Å². The number of benzene rings is 1. The van der Waals surface area contributed by atoms with Crippen LogP contribution in [0.4, 0.5) is 4.79 Å². The molecule has 2 saturated heterocycles. The second-order valence-corrected chi connectivity index (χ2v) is 6.29. The molecule has 0 aliphatic carbocycles. The first-order valence-corrected chi connectivity index (χ1v) is 8.21. The third kappa shape index (κ3) is 3.85. The van der Waals surface area contributed by atoms with Crippen molar-refractivity contribution < 1.29 is 19.1 Å². The molecule has 2 aliphatic heterocycles. The van der Waals surface area contributed by atoms with E-state index in [2.05, 4.69) is 5.32 Å². The predicted molar refractivity (Wildman–Crippen MR) is 87.5 cm³/mol. The number of amides is 3. The summed E-state index contributed by atoms with van der Waals surface area (Å²) in [5, 5.41) is 2.90. The fourth-order valence-corrected chi connectivity index (χ4v) is 3.19. The van der Waals surface area contributed by atoms with E-state index in [0.717, 1.165) is 18.4 Å². The zero-order valence-corrected chi connectivity index (χ0v) is 13.6. The van der Waals surface area contributed by atoms with Gasteiger partial charge < -0.3 is 25.4 Å². The molecule has 3 rings (SSSR count). The van der Waals surface area contributed by atoms with Gasteiger partial charge in [0.1, 0.15) is 0 Å². The van der Waals surface area contributed by atoms with Gasteiger partial charge >= 0.3 is 6.03 Å². The molecule has 24 heavy (non-hydrogen) atoms. The summed E-state index contributed by atoms with van der Waals surface area (Å²) >= 11 is 0. The smallest absolute Gasteiger partial charge is 0.317 e. The van der Waals surface area contributed by atoms with Gasteiger partial charge in [-0.15, -0.1) is 0 Å². The van der Waals surface area contributed by atoms with Gasteiger partial charge in [-0.1, -0.05) is 12.1 Å². The SMILES string of the molecule is NC(=O)c1cccc(CNC(=O)N2CCOC3(CCOCC3)C2)c1. The van der Waals surface area contributed by atoms with Gasteiger partial charge in [0, 0.05) is 44.7 Å². The largest absolute Gasteiger partial charge is 0.381 e. The number of nitrogens with one attached hydrogen (secondary N) is 1. The number of urea groups is 1. The van der Waals surface area contributed by atoms with E-state index in [1.54, 1.807) is 23.1 Å². The number of hydrogen-bond acceptors (Lipinski definition) is 4. The summed E-state index contributed by atoms with van der Waals surface area (Å²) in [4.78, 5) is 25.5. The van der Waals surface area contributed by atoms with E-state index < -0.39 is 5.91 Å². The molecule has 0 radical (unpaired) electrons. The quantitative estimate of drug-likeness (QED) is 0.858. The van der Waals surface area contributed by atoms with Gasteiger partial charge in [-0.3, -0.25) is 4.79 Å². The number of carbonyl (C=O) groups is 2. The summed E-state index contributed by atoms with van der Waals surface area (Å²) in [7, 11) is 0. The number of rotatable bonds is 3. The molecular weight excluding hydrogens is 310 g/mol. The zero-order valence-electron chi connectivity index (χ0n) is 13.6. The van der Waals surface area contributed by atoms with Gasteiger partial charge in [0.05, 0.1) is 18.8 Å². The minimum absolute atomic E-state index is 0.117. The van der Waals surface area contributed by atoms with Gasteiger partial charge in [0.2, 0.25) is 5.91 Å². The second-order valence-electron chi connectivity index (χ2n) is 6.29. The molecule has 3 amide bonds. The van der Waals surface area contributed by atoms with Crippen LogP contribution >= 0.6 is 0 Å². The van der Waals surface area contributed by atoms with Crippen LogP contribution in [0.2, 0.25) is 0 Å². The molecule has 2 heterocycles. The van der Waals surface area contributed by atoms with Crippen molar-refractivity contribution in [2.45, 2.75) is 25.0 Å². The van der Waals surface area contributed by atoms with Gasteiger partial charge in [0.25, 0.3) is 0 Å². The Morgan fingerprint density at radius 3 is 2.79 bits per heavy atom. The number of primary amides is 1. The summed E-state index contributed by atoms with van der Waals surface area (Å²) < 4.78 is 11.3. The fraction of sp³-hybridized carbons (Fsp3) is 0.529. The van der Waals surface area contributed by atoms with Crippen LogP contribution in [0.25, 0.3) is 0 Å². The van der Waals surface area contributed by atoms with Crippen LogP contribution in [0.3, 0.4) is 0 Å². The number of hydrogen-bond donors (Lipinski definition) is 2. The van der Waals surface area contributed by atoms with Crippen LogP contribution in [0.1, 0.15) is 28.8 Å². The first kappa shape index (κ1) is 16.7. The monoisotopic (exact) mass is 333 g/mol. The minimum Gasteiger partial charge on any atom is -0.381 e. The van der Waals surface area contributed by atoms with Gasteiger partial charge in [-0.25, -0.2) is 4.79 Å². The predicted octanol–water partition coefficient (Wildman–Crippen LogP) is 0.876. The molecule has 7 nitrogen and oxygen atoms in total. The molecule has 2 fully saturated rings. The number of nitrogens with two attached hydrogens (primary N) is 1. The summed E-state index contributed by atoms with van der Waals surface area (Å²) in [6, 6.07) is 6.85. The molecule has 1 aromatic carbocycles. The lowest BCUT2D eigenvalue weighted by molar-refractivity contribution is -0.145.